The predicted molar refractivity (Wildman–Crippen MR) is 76.2 cm³/mol. The van der Waals surface area contributed by atoms with Crippen molar-refractivity contribution in [3.05, 3.63) is 29.8 Å². The summed E-state index contributed by atoms with van der Waals surface area (Å²) in [5.41, 5.74) is 1.27. The van der Waals surface area contributed by atoms with Crippen molar-refractivity contribution in [3.63, 3.8) is 0 Å². The Bertz CT molecular complexity index is 429. The molecule has 0 heterocycles. The van der Waals surface area contributed by atoms with E-state index >= 15 is 0 Å². The Hall–Kier alpha value is -1.88. The Morgan fingerprint density at radius 1 is 1.21 bits per heavy atom. The Labute approximate surface area is 113 Å². The number of hydrogen-bond acceptors (Lipinski definition) is 3. The molecule has 2 amide bonds. The van der Waals surface area contributed by atoms with Gasteiger partial charge in [0.1, 0.15) is 0 Å². The lowest BCUT2D eigenvalue weighted by Crippen LogP contribution is -2.30. The van der Waals surface area contributed by atoms with Gasteiger partial charge in [-0.2, -0.15) is 0 Å². The minimum atomic E-state index is -0.140. The molecule has 0 aromatic heterocycles. The quantitative estimate of drug-likeness (QED) is 0.723. The minimum absolute atomic E-state index is 0.0337. The molecule has 1 atom stereocenters. The summed E-state index contributed by atoms with van der Waals surface area (Å²) < 4.78 is 0. The van der Waals surface area contributed by atoms with E-state index in [1.54, 1.807) is 31.3 Å². The van der Waals surface area contributed by atoms with Crippen molar-refractivity contribution >= 4 is 17.5 Å². The number of carbonyl (C=O) groups excluding carboxylic acids is 2. The van der Waals surface area contributed by atoms with Crippen LogP contribution >= 0.6 is 0 Å². The third kappa shape index (κ3) is 4.71. The highest BCUT2D eigenvalue weighted by molar-refractivity contribution is 5.96. The maximum atomic E-state index is 11.9. The molecule has 0 saturated heterocycles. The average molecular weight is 263 g/mol. The first-order valence-electron chi connectivity index (χ1n) is 6.42. The second-order valence-electron chi connectivity index (χ2n) is 4.35. The van der Waals surface area contributed by atoms with Crippen molar-refractivity contribution < 1.29 is 9.59 Å². The van der Waals surface area contributed by atoms with E-state index in [4.69, 9.17) is 0 Å². The van der Waals surface area contributed by atoms with Gasteiger partial charge in [0.05, 0.1) is 0 Å². The molecule has 0 aliphatic carbocycles. The van der Waals surface area contributed by atoms with Crippen LogP contribution in [0.4, 0.5) is 5.69 Å². The van der Waals surface area contributed by atoms with Crippen LogP contribution < -0.4 is 16.0 Å². The lowest BCUT2D eigenvalue weighted by atomic mass is 10.1. The number of nitrogens with one attached hydrogen (secondary N) is 3. The van der Waals surface area contributed by atoms with Gasteiger partial charge in [0.2, 0.25) is 5.91 Å². The van der Waals surface area contributed by atoms with Gasteiger partial charge in [0.15, 0.2) is 0 Å². The van der Waals surface area contributed by atoms with Gasteiger partial charge in [-0.05, 0) is 30.8 Å². The van der Waals surface area contributed by atoms with E-state index in [1.165, 1.54) is 0 Å². The molecule has 1 aromatic rings. The number of anilines is 1. The van der Waals surface area contributed by atoms with Gasteiger partial charge in [0.25, 0.3) is 5.91 Å². The molecule has 19 heavy (non-hydrogen) atoms. The molecule has 1 unspecified atom stereocenters. The monoisotopic (exact) mass is 263 g/mol. The van der Waals surface area contributed by atoms with E-state index in [-0.39, 0.29) is 17.7 Å². The largest absolute Gasteiger partial charge is 0.355 e. The first-order valence-corrected chi connectivity index (χ1v) is 6.42. The van der Waals surface area contributed by atoms with E-state index in [0.29, 0.717) is 17.8 Å². The van der Waals surface area contributed by atoms with Gasteiger partial charge in [-0.3, -0.25) is 9.59 Å². The van der Waals surface area contributed by atoms with Crippen molar-refractivity contribution in [1.82, 2.24) is 10.6 Å². The van der Waals surface area contributed by atoms with Crippen molar-refractivity contribution in [3.8, 4) is 0 Å². The molecule has 0 spiro atoms. The zero-order valence-electron chi connectivity index (χ0n) is 11.6. The minimum Gasteiger partial charge on any atom is -0.355 e. The van der Waals surface area contributed by atoms with E-state index < -0.39 is 0 Å². The van der Waals surface area contributed by atoms with E-state index in [0.717, 1.165) is 6.54 Å². The summed E-state index contributed by atoms with van der Waals surface area (Å²) in [6.07, 6.45) is 0. The van der Waals surface area contributed by atoms with Crippen LogP contribution in [0.25, 0.3) is 0 Å². The van der Waals surface area contributed by atoms with Crippen molar-refractivity contribution in [1.29, 1.82) is 0 Å². The maximum absolute atomic E-state index is 11.9. The summed E-state index contributed by atoms with van der Waals surface area (Å²) in [7, 11) is 1.58. The van der Waals surface area contributed by atoms with Gasteiger partial charge in [-0.25, -0.2) is 0 Å². The van der Waals surface area contributed by atoms with Crippen LogP contribution in [0.15, 0.2) is 24.3 Å². The van der Waals surface area contributed by atoms with Crippen molar-refractivity contribution in [2.45, 2.75) is 13.8 Å². The van der Waals surface area contributed by atoms with Crippen LogP contribution in [0, 0.1) is 5.92 Å². The number of benzene rings is 1. The maximum Gasteiger partial charge on any atom is 0.251 e. The smallest absolute Gasteiger partial charge is 0.251 e. The molecule has 0 radical (unpaired) electrons. The highest BCUT2D eigenvalue weighted by atomic mass is 16.2. The number of rotatable bonds is 6. The lowest BCUT2D eigenvalue weighted by molar-refractivity contribution is -0.119. The third-order valence-corrected chi connectivity index (χ3v) is 2.79. The molecular formula is C14H21N3O2. The molecule has 0 aliphatic heterocycles. The Morgan fingerprint density at radius 2 is 1.84 bits per heavy atom. The predicted octanol–water partition coefficient (Wildman–Crippen LogP) is 1.23. The molecular weight excluding hydrogens is 242 g/mol. The van der Waals surface area contributed by atoms with Gasteiger partial charge >= 0.3 is 0 Å². The summed E-state index contributed by atoms with van der Waals surface area (Å²) in [5.74, 6) is -0.273. The van der Waals surface area contributed by atoms with Crippen LogP contribution in [0.2, 0.25) is 0 Å². The second-order valence-corrected chi connectivity index (χ2v) is 4.35. The molecule has 0 saturated carbocycles. The summed E-state index contributed by atoms with van der Waals surface area (Å²) >= 11 is 0. The zero-order chi connectivity index (χ0) is 14.3. The van der Waals surface area contributed by atoms with Crippen LogP contribution in [-0.2, 0) is 4.79 Å². The zero-order valence-corrected chi connectivity index (χ0v) is 11.6. The van der Waals surface area contributed by atoms with Crippen LogP contribution in [0.1, 0.15) is 24.2 Å². The second kappa shape index (κ2) is 7.53. The standard InChI is InChI=1S/C14H21N3O2/c1-4-16-9-10(2)13(18)17-12-7-5-11(6-8-12)14(19)15-3/h5-8,10,16H,4,9H2,1-3H3,(H,15,19)(H,17,18). The van der Waals surface area contributed by atoms with Gasteiger partial charge in [-0.15, -0.1) is 0 Å². The molecule has 1 rings (SSSR count). The highest BCUT2D eigenvalue weighted by Gasteiger charge is 2.12. The summed E-state index contributed by atoms with van der Waals surface area (Å²) in [5, 5.41) is 8.51. The van der Waals surface area contributed by atoms with Crippen LogP contribution in [0.3, 0.4) is 0 Å². The topological polar surface area (TPSA) is 70.2 Å². The normalized spacial score (nSPS) is 11.7. The SMILES string of the molecule is CCNCC(C)C(=O)Nc1ccc(C(=O)NC)cc1. The molecule has 5 heteroatoms. The average Bonchev–Trinajstić information content (AvgIpc) is 2.44. The van der Waals surface area contributed by atoms with Gasteiger partial charge in [0, 0.05) is 30.8 Å². The first kappa shape index (κ1) is 15.2. The lowest BCUT2D eigenvalue weighted by Gasteiger charge is -2.12. The number of hydrogen-bond donors (Lipinski definition) is 3. The molecule has 5 nitrogen and oxygen atoms in total. The Balaban J connectivity index is 2.57. The molecule has 104 valence electrons. The number of carbonyl (C=O) groups is 2. The Morgan fingerprint density at radius 3 is 2.37 bits per heavy atom. The summed E-state index contributed by atoms with van der Waals surface area (Å²) in [4.78, 5) is 23.2. The molecule has 1 aromatic carbocycles. The fourth-order valence-electron chi connectivity index (χ4n) is 1.57. The Kier molecular flexibility index (Phi) is 6.02. The number of amides is 2. The fourth-order valence-corrected chi connectivity index (χ4v) is 1.57. The highest BCUT2D eigenvalue weighted by Crippen LogP contribution is 2.10. The molecule has 0 bridgehead atoms. The molecule has 0 aliphatic rings. The summed E-state index contributed by atoms with van der Waals surface area (Å²) in [6, 6.07) is 6.82. The fraction of sp³-hybridized carbons (Fsp3) is 0.429. The van der Waals surface area contributed by atoms with E-state index in [1.807, 2.05) is 13.8 Å². The van der Waals surface area contributed by atoms with E-state index in [9.17, 15) is 9.59 Å². The third-order valence-electron chi connectivity index (χ3n) is 2.79. The first-order chi connectivity index (χ1) is 9.08. The van der Waals surface area contributed by atoms with Crippen molar-refractivity contribution in [2.24, 2.45) is 5.92 Å². The molecule has 0 fully saturated rings. The van der Waals surface area contributed by atoms with Crippen LogP contribution in [-0.4, -0.2) is 32.0 Å². The van der Waals surface area contributed by atoms with Gasteiger partial charge < -0.3 is 16.0 Å². The summed E-state index contributed by atoms with van der Waals surface area (Å²) in [6.45, 7) is 5.37. The van der Waals surface area contributed by atoms with Gasteiger partial charge in [-0.1, -0.05) is 13.8 Å². The van der Waals surface area contributed by atoms with Crippen molar-refractivity contribution in [2.75, 3.05) is 25.5 Å². The van der Waals surface area contributed by atoms with E-state index in [2.05, 4.69) is 16.0 Å². The van der Waals surface area contributed by atoms with Crippen LogP contribution in [0.5, 0.6) is 0 Å². The molecule has 3 N–H and O–H groups in total.